The van der Waals surface area contributed by atoms with Gasteiger partial charge in [-0.3, -0.25) is 0 Å². The van der Waals surface area contributed by atoms with Crippen molar-refractivity contribution in [1.82, 2.24) is 0 Å². The lowest BCUT2D eigenvalue weighted by atomic mass is 10.0. The molecule has 0 amide bonds. The third kappa shape index (κ3) is 4.98. The normalized spacial score (nSPS) is 11.5. The molecule has 0 aliphatic heterocycles. The zero-order chi connectivity index (χ0) is 19.1. The van der Waals surface area contributed by atoms with Crippen LogP contribution in [-0.2, 0) is 12.8 Å². The predicted molar refractivity (Wildman–Crippen MR) is 112 cm³/mol. The highest BCUT2D eigenvalue weighted by molar-refractivity contribution is 5.83. The van der Waals surface area contributed by atoms with Gasteiger partial charge in [-0.25, -0.2) is 4.39 Å². The summed E-state index contributed by atoms with van der Waals surface area (Å²) in [6, 6.07) is 21.3. The lowest BCUT2D eigenvalue weighted by Crippen LogP contribution is -1.89. The number of halogens is 1. The molecule has 0 spiro atoms. The molecule has 0 N–H and O–H groups in total. The van der Waals surface area contributed by atoms with E-state index in [1.807, 2.05) is 55.5 Å². The first kappa shape index (κ1) is 18.7. The smallest absolute Gasteiger partial charge is 0.131 e. The Balaban J connectivity index is 1.66. The summed E-state index contributed by atoms with van der Waals surface area (Å²) in [5, 5.41) is 8.18. The predicted octanol–water partition coefficient (Wildman–Crippen LogP) is 6.07. The Morgan fingerprint density at radius 3 is 1.74 bits per heavy atom. The van der Waals surface area contributed by atoms with Crippen LogP contribution in [0.5, 0.6) is 0 Å². The third-order valence-corrected chi connectivity index (χ3v) is 4.53. The molecule has 0 saturated heterocycles. The van der Waals surface area contributed by atoms with Crippen LogP contribution in [0, 0.1) is 5.82 Å². The number of hydrogen-bond donors (Lipinski definition) is 0. The number of nitrogens with zero attached hydrogens (tertiary/aromatic N) is 2. The quantitative estimate of drug-likeness (QED) is 0.377. The van der Waals surface area contributed by atoms with Crippen LogP contribution in [0.15, 0.2) is 76.9 Å². The average Bonchev–Trinajstić information content (AvgIpc) is 2.72. The minimum atomic E-state index is -0.186. The molecule has 3 rings (SSSR count). The minimum absolute atomic E-state index is 0.186. The van der Waals surface area contributed by atoms with E-state index in [4.69, 9.17) is 0 Å². The summed E-state index contributed by atoms with van der Waals surface area (Å²) < 4.78 is 14.2. The molecular formula is C24H23FN2. The van der Waals surface area contributed by atoms with Gasteiger partial charge in [-0.05, 0) is 46.7 Å². The first-order valence-corrected chi connectivity index (χ1v) is 9.23. The summed E-state index contributed by atoms with van der Waals surface area (Å²) >= 11 is 0. The number of hydrogen-bond acceptors (Lipinski definition) is 2. The Bertz CT molecular complexity index is 939. The molecule has 27 heavy (non-hydrogen) atoms. The highest BCUT2D eigenvalue weighted by Gasteiger charge is 2.05. The van der Waals surface area contributed by atoms with E-state index in [1.165, 1.54) is 5.56 Å². The first-order chi connectivity index (χ1) is 13.2. The summed E-state index contributed by atoms with van der Waals surface area (Å²) in [7, 11) is 0. The van der Waals surface area contributed by atoms with E-state index >= 15 is 0 Å². The van der Waals surface area contributed by atoms with Gasteiger partial charge in [-0.2, -0.15) is 10.2 Å². The van der Waals surface area contributed by atoms with Crippen LogP contribution in [-0.4, -0.2) is 12.4 Å². The maximum absolute atomic E-state index is 14.2. The van der Waals surface area contributed by atoms with E-state index in [1.54, 1.807) is 18.5 Å². The topological polar surface area (TPSA) is 24.7 Å². The molecule has 0 radical (unpaired) electrons. The Morgan fingerprint density at radius 1 is 0.704 bits per heavy atom. The second-order valence-electron chi connectivity index (χ2n) is 6.37. The van der Waals surface area contributed by atoms with E-state index in [2.05, 4.69) is 29.3 Å². The summed E-state index contributed by atoms with van der Waals surface area (Å²) in [5.41, 5.74) is 5.71. The molecule has 3 aromatic rings. The van der Waals surface area contributed by atoms with Crippen molar-refractivity contribution < 1.29 is 4.39 Å². The maximum atomic E-state index is 14.2. The second kappa shape index (κ2) is 9.04. The van der Waals surface area contributed by atoms with Gasteiger partial charge < -0.3 is 0 Å². The molecule has 0 saturated carbocycles. The zero-order valence-electron chi connectivity index (χ0n) is 15.7. The second-order valence-corrected chi connectivity index (χ2v) is 6.37. The van der Waals surface area contributed by atoms with Gasteiger partial charge in [0.1, 0.15) is 5.82 Å². The summed E-state index contributed by atoms with van der Waals surface area (Å²) in [6.45, 7) is 4.15. The van der Waals surface area contributed by atoms with Crippen LogP contribution in [0.2, 0.25) is 0 Å². The fourth-order valence-electron chi connectivity index (χ4n) is 2.80. The average molecular weight is 358 g/mol. The summed E-state index contributed by atoms with van der Waals surface area (Å²) in [5.74, 6) is -0.186. The Labute approximate surface area is 160 Å². The van der Waals surface area contributed by atoms with Gasteiger partial charge in [0, 0.05) is 5.56 Å². The highest BCUT2D eigenvalue weighted by atomic mass is 19.1. The van der Waals surface area contributed by atoms with Gasteiger partial charge in [0.25, 0.3) is 0 Å². The first-order valence-electron chi connectivity index (χ1n) is 9.23. The van der Waals surface area contributed by atoms with Crippen LogP contribution in [0.3, 0.4) is 0 Å². The van der Waals surface area contributed by atoms with Crippen molar-refractivity contribution in [3.8, 4) is 11.1 Å². The van der Waals surface area contributed by atoms with Gasteiger partial charge >= 0.3 is 0 Å². The minimum Gasteiger partial charge on any atom is -0.206 e. The van der Waals surface area contributed by atoms with Gasteiger partial charge in [-0.1, -0.05) is 74.5 Å². The number of aryl methyl sites for hydroxylation is 2. The molecule has 2 nitrogen and oxygen atoms in total. The molecule has 0 fully saturated rings. The van der Waals surface area contributed by atoms with Gasteiger partial charge in [0.05, 0.1) is 12.4 Å². The van der Waals surface area contributed by atoms with Crippen molar-refractivity contribution >= 4 is 12.4 Å². The fourth-order valence-corrected chi connectivity index (χ4v) is 2.80. The number of benzene rings is 3. The maximum Gasteiger partial charge on any atom is 0.131 e. The molecule has 0 aliphatic rings. The fraction of sp³-hybridized carbons (Fsp3) is 0.167. The molecule has 0 heterocycles. The lowest BCUT2D eigenvalue weighted by Gasteiger charge is -2.05. The van der Waals surface area contributed by atoms with Crippen molar-refractivity contribution in [3.63, 3.8) is 0 Å². The van der Waals surface area contributed by atoms with Crippen molar-refractivity contribution in [1.29, 1.82) is 0 Å². The molecular weight excluding hydrogens is 335 g/mol. The Hall–Kier alpha value is -3.07. The Kier molecular flexibility index (Phi) is 6.26. The van der Waals surface area contributed by atoms with Crippen molar-refractivity contribution in [2.75, 3.05) is 0 Å². The molecule has 0 bridgehead atoms. The van der Waals surface area contributed by atoms with Crippen molar-refractivity contribution in [3.05, 3.63) is 94.8 Å². The zero-order valence-corrected chi connectivity index (χ0v) is 15.7. The van der Waals surface area contributed by atoms with E-state index in [0.29, 0.717) is 5.56 Å². The van der Waals surface area contributed by atoms with Crippen LogP contribution >= 0.6 is 0 Å². The van der Waals surface area contributed by atoms with Crippen LogP contribution in [0.4, 0.5) is 4.39 Å². The molecule has 0 unspecified atom stereocenters. The monoisotopic (exact) mass is 358 g/mol. The third-order valence-electron chi connectivity index (χ3n) is 4.53. The highest BCUT2D eigenvalue weighted by Crippen LogP contribution is 2.24. The van der Waals surface area contributed by atoms with Crippen LogP contribution in [0.1, 0.15) is 36.1 Å². The molecule has 3 aromatic carbocycles. The van der Waals surface area contributed by atoms with E-state index < -0.39 is 0 Å². The Morgan fingerprint density at radius 2 is 1.22 bits per heavy atom. The molecule has 3 heteroatoms. The SMILES string of the molecule is CCc1ccc(C=NN=Cc2ccc(-c3ccc(CC)cc3F)cc2)cc1. The van der Waals surface area contributed by atoms with E-state index in [0.717, 1.165) is 35.1 Å². The van der Waals surface area contributed by atoms with Crippen LogP contribution < -0.4 is 0 Å². The van der Waals surface area contributed by atoms with Gasteiger partial charge in [-0.15, -0.1) is 0 Å². The van der Waals surface area contributed by atoms with E-state index in [-0.39, 0.29) is 5.82 Å². The van der Waals surface area contributed by atoms with Gasteiger partial charge in [0.2, 0.25) is 0 Å². The van der Waals surface area contributed by atoms with E-state index in [9.17, 15) is 4.39 Å². The van der Waals surface area contributed by atoms with Crippen LogP contribution in [0.25, 0.3) is 11.1 Å². The number of rotatable bonds is 6. The molecule has 136 valence electrons. The summed E-state index contributed by atoms with van der Waals surface area (Å²) in [4.78, 5) is 0. The van der Waals surface area contributed by atoms with Gasteiger partial charge in [0.15, 0.2) is 0 Å². The van der Waals surface area contributed by atoms with Crippen molar-refractivity contribution in [2.24, 2.45) is 10.2 Å². The molecule has 0 atom stereocenters. The molecule has 0 aromatic heterocycles. The largest absolute Gasteiger partial charge is 0.206 e. The lowest BCUT2D eigenvalue weighted by molar-refractivity contribution is 0.629. The van der Waals surface area contributed by atoms with Crippen molar-refractivity contribution in [2.45, 2.75) is 26.7 Å². The standard InChI is InChI=1S/C24H23FN2/c1-3-18-5-7-20(8-6-18)16-26-27-17-21-9-12-22(13-10-21)23-14-11-19(4-2)15-24(23)25/h5-17H,3-4H2,1-2H3. The summed E-state index contributed by atoms with van der Waals surface area (Å²) in [6.07, 6.45) is 5.28. The molecule has 0 aliphatic carbocycles.